The van der Waals surface area contributed by atoms with Crippen molar-refractivity contribution < 1.29 is 0 Å². The average Bonchev–Trinajstić information content (AvgIpc) is 3.40. The number of tetrazole rings is 1. The highest BCUT2D eigenvalue weighted by atomic mass is 15.6. The van der Waals surface area contributed by atoms with Crippen molar-refractivity contribution >= 4 is 5.57 Å². The fraction of sp³-hybridized carbons (Fsp3) is 0.241. The molecule has 4 aromatic rings. The van der Waals surface area contributed by atoms with E-state index in [4.69, 9.17) is 5.10 Å². The van der Waals surface area contributed by atoms with E-state index in [0.29, 0.717) is 17.3 Å². The van der Waals surface area contributed by atoms with Gasteiger partial charge in [0.1, 0.15) is 6.07 Å². The summed E-state index contributed by atoms with van der Waals surface area (Å²) in [6, 6.07) is 33.0. The minimum atomic E-state index is -0.833. The van der Waals surface area contributed by atoms with Crippen molar-refractivity contribution in [2.75, 3.05) is 0 Å². The highest BCUT2D eigenvalue weighted by Crippen LogP contribution is 2.39. The minimum Gasteiger partial charge on any atom is -0.192 e. The number of aromatic nitrogens is 4. The summed E-state index contributed by atoms with van der Waals surface area (Å²) in [6.45, 7) is 0. The van der Waals surface area contributed by atoms with E-state index in [1.807, 2.05) is 54.6 Å². The van der Waals surface area contributed by atoms with Crippen LogP contribution in [0.3, 0.4) is 0 Å². The third-order valence-electron chi connectivity index (χ3n) is 6.70. The first kappa shape index (κ1) is 21.8. The van der Waals surface area contributed by atoms with E-state index in [1.165, 1.54) is 19.3 Å². The maximum atomic E-state index is 9.94. The molecule has 0 bridgehead atoms. The van der Waals surface area contributed by atoms with Crippen LogP contribution in [0.2, 0.25) is 0 Å². The van der Waals surface area contributed by atoms with Gasteiger partial charge in [-0.2, -0.15) is 5.26 Å². The van der Waals surface area contributed by atoms with Crippen LogP contribution in [0.15, 0.2) is 97.1 Å². The molecular weight excluding hydrogens is 418 g/mol. The molecule has 0 saturated heterocycles. The molecule has 0 amide bonds. The van der Waals surface area contributed by atoms with Gasteiger partial charge in [-0.1, -0.05) is 116 Å². The van der Waals surface area contributed by atoms with Crippen LogP contribution in [-0.4, -0.2) is 20.2 Å². The molecule has 0 N–H and O–H groups in total. The lowest BCUT2D eigenvalue weighted by Gasteiger charge is -2.34. The molecule has 1 fully saturated rings. The maximum absolute atomic E-state index is 9.94. The predicted molar refractivity (Wildman–Crippen MR) is 133 cm³/mol. The van der Waals surface area contributed by atoms with Crippen LogP contribution in [0.25, 0.3) is 5.57 Å². The molecule has 0 atom stereocenters. The number of hydrogen-bond acceptors (Lipinski definition) is 4. The molecule has 1 heterocycles. The van der Waals surface area contributed by atoms with Crippen molar-refractivity contribution in [1.82, 2.24) is 20.2 Å². The molecule has 1 saturated carbocycles. The number of rotatable bonds is 6. The normalized spacial score (nSPS) is 15.1. The van der Waals surface area contributed by atoms with Gasteiger partial charge in [-0.25, -0.2) is 0 Å². The molecule has 1 aliphatic rings. The zero-order valence-electron chi connectivity index (χ0n) is 19.1. The Bertz CT molecular complexity index is 1180. The van der Waals surface area contributed by atoms with Crippen LogP contribution in [0.5, 0.6) is 0 Å². The molecule has 3 aromatic carbocycles. The third kappa shape index (κ3) is 4.04. The van der Waals surface area contributed by atoms with Crippen molar-refractivity contribution in [3.05, 3.63) is 120 Å². The summed E-state index contributed by atoms with van der Waals surface area (Å²) in [7, 11) is 0. The lowest BCUT2D eigenvalue weighted by molar-refractivity contribution is 0.395. The molecule has 1 aromatic heterocycles. The maximum Gasteiger partial charge on any atom is 0.215 e. The van der Waals surface area contributed by atoms with E-state index >= 15 is 0 Å². The van der Waals surface area contributed by atoms with E-state index in [2.05, 4.69) is 58.9 Å². The van der Waals surface area contributed by atoms with Crippen LogP contribution < -0.4 is 0 Å². The second-order valence-corrected chi connectivity index (χ2v) is 8.80. The summed E-state index contributed by atoms with van der Waals surface area (Å²) in [6.07, 6.45) is 7.96. The van der Waals surface area contributed by atoms with Gasteiger partial charge in [0.15, 0.2) is 5.54 Å². The molecule has 168 valence electrons. The third-order valence-corrected chi connectivity index (χ3v) is 6.70. The lowest BCUT2D eigenvalue weighted by Crippen LogP contribution is -2.39. The highest BCUT2D eigenvalue weighted by molar-refractivity contribution is 5.72. The van der Waals surface area contributed by atoms with E-state index in [-0.39, 0.29) is 0 Å². The quantitative estimate of drug-likeness (QED) is 0.270. The predicted octanol–water partition coefficient (Wildman–Crippen LogP) is 6.00. The highest BCUT2D eigenvalue weighted by Gasteiger charge is 2.41. The number of nitrogens with zero attached hydrogens (tertiary/aromatic N) is 5. The van der Waals surface area contributed by atoms with Crippen LogP contribution in [0, 0.1) is 17.2 Å². The summed E-state index contributed by atoms with van der Waals surface area (Å²) in [5.41, 5.74) is 2.73. The Hall–Kier alpha value is -4.04. The van der Waals surface area contributed by atoms with Gasteiger partial charge in [0, 0.05) is 0 Å². The zero-order valence-corrected chi connectivity index (χ0v) is 19.1. The van der Waals surface area contributed by atoms with Gasteiger partial charge in [0.05, 0.1) is 5.57 Å². The molecule has 5 rings (SSSR count). The zero-order chi connectivity index (χ0) is 23.2. The Morgan fingerprint density at radius 2 is 1.29 bits per heavy atom. The SMILES string of the molecule is N#CC(=CC1CCCCC1)c1nnn(C(c2ccccc2)(c2ccccc2)c2ccccc2)n1. The van der Waals surface area contributed by atoms with E-state index < -0.39 is 5.54 Å². The summed E-state index contributed by atoms with van der Waals surface area (Å²) in [5, 5.41) is 23.7. The number of benzene rings is 3. The minimum absolute atomic E-state index is 0.375. The first-order valence-electron chi connectivity index (χ1n) is 11.9. The first-order valence-corrected chi connectivity index (χ1v) is 11.9. The van der Waals surface area contributed by atoms with Gasteiger partial charge in [-0.15, -0.1) is 15.0 Å². The molecule has 1 aliphatic carbocycles. The molecule has 0 unspecified atom stereocenters. The average molecular weight is 446 g/mol. The Morgan fingerprint density at radius 1 is 0.794 bits per heavy atom. The van der Waals surface area contributed by atoms with Gasteiger partial charge < -0.3 is 0 Å². The molecule has 5 nitrogen and oxygen atoms in total. The molecule has 0 aliphatic heterocycles. The largest absolute Gasteiger partial charge is 0.215 e. The Morgan fingerprint density at radius 3 is 1.76 bits per heavy atom. The number of nitriles is 1. The van der Waals surface area contributed by atoms with Gasteiger partial charge in [0.25, 0.3) is 0 Å². The summed E-state index contributed by atoms with van der Waals surface area (Å²) in [5.74, 6) is 0.776. The Kier molecular flexibility index (Phi) is 6.31. The summed E-state index contributed by atoms with van der Waals surface area (Å²) in [4.78, 5) is 1.67. The second kappa shape index (κ2) is 9.84. The first-order chi connectivity index (χ1) is 16.8. The van der Waals surface area contributed by atoms with Crippen LogP contribution in [0.1, 0.15) is 54.6 Å². The van der Waals surface area contributed by atoms with Crippen molar-refractivity contribution in [3.8, 4) is 6.07 Å². The molecule has 34 heavy (non-hydrogen) atoms. The fourth-order valence-corrected chi connectivity index (χ4v) is 5.05. The van der Waals surface area contributed by atoms with Crippen molar-refractivity contribution in [2.45, 2.75) is 37.6 Å². The Balaban J connectivity index is 1.70. The van der Waals surface area contributed by atoms with Crippen molar-refractivity contribution in [2.24, 2.45) is 5.92 Å². The standard InChI is InChI=1S/C29H27N5/c30-22-24(21-23-13-5-1-6-14-23)28-31-33-34(32-28)29(25-15-7-2-8-16-25,26-17-9-3-10-18-26)27-19-11-4-12-20-27/h2-4,7-12,15-21,23H,1,5-6,13-14H2. The lowest BCUT2D eigenvalue weighted by atomic mass is 9.77. The van der Waals surface area contributed by atoms with Gasteiger partial charge in [-0.05, 0) is 40.7 Å². The molecule has 0 spiro atoms. The smallest absolute Gasteiger partial charge is 0.192 e. The monoisotopic (exact) mass is 445 g/mol. The van der Waals surface area contributed by atoms with Crippen molar-refractivity contribution in [1.29, 1.82) is 5.26 Å². The van der Waals surface area contributed by atoms with Crippen molar-refractivity contribution in [3.63, 3.8) is 0 Å². The molecule has 5 heteroatoms. The van der Waals surface area contributed by atoms with E-state index in [0.717, 1.165) is 29.5 Å². The summed E-state index contributed by atoms with van der Waals surface area (Å²) < 4.78 is 0. The summed E-state index contributed by atoms with van der Waals surface area (Å²) >= 11 is 0. The van der Waals surface area contributed by atoms with E-state index in [1.54, 1.807) is 4.80 Å². The van der Waals surface area contributed by atoms with Crippen LogP contribution >= 0.6 is 0 Å². The second-order valence-electron chi connectivity index (χ2n) is 8.80. The molecule has 0 radical (unpaired) electrons. The Labute approximate surface area is 200 Å². The van der Waals surface area contributed by atoms with Gasteiger partial charge in [-0.3, -0.25) is 0 Å². The molecular formula is C29H27N5. The van der Waals surface area contributed by atoms with Gasteiger partial charge >= 0.3 is 0 Å². The fourth-order valence-electron chi connectivity index (χ4n) is 5.05. The number of hydrogen-bond donors (Lipinski definition) is 0. The number of allylic oxidation sites excluding steroid dienone is 2. The van der Waals surface area contributed by atoms with Gasteiger partial charge in [0.2, 0.25) is 5.82 Å². The van der Waals surface area contributed by atoms with E-state index in [9.17, 15) is 5.26 Å². The van der Waals surface area contributed by atoms with Crippen LogP contribution in [0.4, 0.5) is 0 Å². The topological polar surface area (TPSA) is 67.4 Å². The van der Waals surface area contributed by atoms with Crippen LogP contribution in [-0.2, 0) is 5.54 Å².